The third kappa shape index (κ3) is 3.70. The number of anilines is 1. The van der Waals surface area contributed by atoms with Crippen LogP contribution in [0, 0.1) is 5.92 Å². The topological polar surface area (TPSA) is 90.0 Å². The van der Waals surface area contributed by atoms with Crippen LogP contribution < -0.4 is 11.1 Å². The summed E-state index contributed by atoms with van der Waals surface area (Å²) in [5, 5.41) is 12.1. The number of rotatable bonds is 6. The number of hydrogen-bond acceptors (Lipinski definition) is 6. The molecule has 0 spiro atoms. The summed E-state index contributed by atoms with van der Waals surface area (Å²) in [6.45, 7) is 4.46. The average molecular weight is 346 g/mol. The molecule has 0 saturated carbocycles. The SMILES string of the molecule is CC(C)Cc1nnc(NC(=O)CCn2c(=O)oc3ccccc32)s1. The van der Waals surface area contributed by atoms with Crippen molar-refractivity contribution in [2.24, 2.45) is 5.92 Å². The van der Waals surface area contributed by atoms with E-state index in [0.29, 0.717) is 22.1 Å². The van der Waals surface area contributed by atoms with Gasteiger partial charge in [0.25, 0.3) is 0 Å². The van der Waals surface area contributed by atoms with Gasteiger partial charge in [-0.1, -0.05) is 37.3 Å². The summed E-state index contributed by atoms with van der Waals surface area (Å²) >= 11 is 1.38. The first-order valence-corrected chi connectivity index (χ1v) is 8.55. The molecule has 1 N–H and O–H groups in total. The van der Waals surface area contributed by atoms with E-state index in [1.54, 1.807) is 18.2 Å². The molecule has 0 radical (unpaired) electrons. The minimum atomic E-state index is -0.459. The van der Waals surface area contributed by atoms with Crippen molar-refractivity contribution in [2.45, 2.75) is 33.2 Å². The van der Waals surface area contributed by atoms with Crippen LogP contribution in [-0.4, -0.2) is 20.7 Å². The molecule has 0 aliphatic carbocycles. The van der Waals surface area contributed by atoms with Gasteiger partial charge in [-0.25, -0.2) is 4.79 Å². The molecule has 0 unspecified atom stereocenters. The van der Waals surface area contributed by atoms with Gasteiger partial charge in [0.15, 0.2) is 5.58 Å². The Morgan fingerprint density at radius 3 is 2.92 bits per heavy atom. The van der Waals surface area contributed by atoms with Gasteiger partial charge in [0.05, 0.1) is 5.52 Å². The molecule has 8 heteroatoms. The second-order valence-electron chi connectivity index (χ2n) is 5.88. The van der Waals surface area contributed by atoms with Crippen LogP contribution in [0.15, 0.2) is 33.5 Å². The molecule has 1 amide bonds. The zero-order valence-electron chi connectivity index (χ0n) is 13.5. The Morgan fingerprint density at radius 2 is 2.12 bits per heavy atom. The Balaban J connectivity index is 1.62. The second kappa shape index (κ2) is 6.96. The Kier molecular flexibility index (Phi) is 4.75. The van der Waals surface area contributed by atoms with Crippen molar-refractivity contribution in [1.82, 2.24) is 14.8 Å². The van der Waals surface area contributed by atoms with E-state index in [1.165, 1.54) is 15.9 Å². The number of para-hydroxylation sites is 2. The molecule has 1 aromatic carbocycles. The molecule has 126 valence electrons. The normalized spacial score (nSPS) is 11.3. The van der Waals surface area contributed by atoms with Gasteiger partial charge in [0.2, 0.25) is 11.0 Å². The third-order valence-electron chi connectivity index (χ3n) is 3.43. The van der Waals surface area contributed by atoms with E-state index in [4.69, 9.17) is 4.42 Å². The zero-order valence-corrected chi connectivity index (χ0v) is 14.3. The highest BCUT2D eigenvalue weighted by Gasteiger charge is 2.12. The van der Waals surface area contributed by atoms with Crippen molar-refractivity contribution in [3.05, 3.63) is 39.8 Å². The number of nitrogens with one attached hydrogen (secondary N) is 1. The maximum absolute atomic E-state index is 12.1. The number of fused-ring (bicyclic) bond motifs is 1. The lowest BCUT2D eigenvalue weighted by Gasteiger charge is -2.02. The predicted molar refractivity (Wildman–Crippen MR) is 92.2 cm³/mol. The van der Waals surface area contributed by atoms with Gasteiger partial charge in [-0.15, -0.1) is 10.2 Å². The van der Waals surface area contributed by atoms with Crippen LogP contribution in [0.2, 0.25) is 0 Å². The summed E-state index contributed by atoms with van der Waals surface area (Å²) < 4.78 is 6.60. The van der Waals surface area contributed by atoms with Crippen LogP contribution >= 0.6 is 11.3 Å². The maximum Gasteiger partial charge on any atom is 0.419 e. The lowest BCUT2D eigenvalue weighted by molar-refractivity contribution is -0.116. The number of nitrogens with zero attached hydrogens (tertiary/aromatic N) is 3. The van der Waals surface area contributed by atoms with Crippen molar-refractivity contribution in [3.63, 3.8) is 0 Å². The fourth-order valence-corrected chi connectivity index (χ4v) is 3.32. The average Bonchev–Trinajstić information content (AvgIpc) is 3.08. The summed E-state index contributed by atoms with van der Waals surface area (Å²) in [4.78, 5) is 23.9. The molecular formula is C16H18N4O3S. The molecule has 0 aliphatic rings. The lowest BCUT2D eigenvalue weighted by Crippen LogP contribution is -2.19. The van der Waals surface area contributed by atoms with Gasteiger partial charge in [-0.05, 0) is 18.1 Å². The summed E-state index contributed by atoms with van der Waals surface area (Å²) in [6.07, 6.45) is 0.993. The quantitative estimate of drug-likeness (QED) is 0.741. The fraction of sp³-hybridized carbons (Fsp3) is 0.375. The van der Waals surface area contributed by atoms with E-state index < -0.39 is 5.76 Å². The summed E-state index contributed by atoms with van der Waals surface area (Å²) in [7, 11) is 0. The van der Waals surface area contributed by atoms with E-state index in [2.05, 4.69) is 29.4 Å². The molecule has 0 fully saturated rings. The highest BCUT2D eigenvalue weighted by molar-refractivity contribution is 7.15. The van der Waals surface area contributed by atoms with Crippen molar-refractivity contribution in [1.29, 1.82) is 0 Å². The van der Waals surface area contributed by atoms with E-state index in [-0.39, 0.29) is 18.9 Å². The van der Waals surface area contributed by atoms with Gasteiger partial charge >= 0.3 is 5.76 Å². The minimum absolute atomic E-state index is 0.155. The van der Waals surface area contributed by atoms with Crippen molar-refractivity contribution >= 4 is 33.5 Å². The van der Waals surface area contributed by atoms with Gasteiger partial charge in [0.1, 0.15) is 5.01 Å². The zero-order chi connectivity index (χ0) is 17.1. The standard InChI is InChI=1S/C16H18N4O3S/c1-10(2)9-14-18-19-15(24-14)17-13(21)7-8-20-11-5-3-4-6-12(11)23-16(20)22/h3-6,10H,7-9H2,1-2H3,(H,17,19,21). The van der Waals surface area contributed by atoms with Crippen LogP contribution in [0.3, 0.4) is 0 Å². The van der Waals surface area contributed by atoms with Gasteiger partial charge in [-0.3, -0.25) is 9.36 Å². The summed E-state index contributed by atoms with van der Waals surface area (Å²) in [5.74, 6) is -0.179. The first-order valence-electron chi connectivity index (χ1n) is 7.73. The monoisotopic (exact) mass is 346 g/mol. The second-order valence-corrected chi connectivity index (χ2v) is 6.95. The molecule has 24 heavy (non-hydrogen) atoms. The van der Waals surface area contributed by atoms with Crippen LogP contribution in [0.1, 0.15) is 25.3 Å². The molecular weight excluding hydrogens is 328 g/mol. The number of hydrogen-bond donors (Lipinski definition) is 1. The molecule has 0 saturated heterocycles. The molecule has 2 heterocycles. The number of benzene rings is 1. The van der Waals surface area contributed by atoms with Gasteiger partial charge < -0.3 is 9.73 Å². The van der Waals surface area contributed by atoms with Crippen LogP contribution in [0.5, 0.6) is 0 Å². The Morgan fingerprint density at radius 1 is 1.33 bits per heavy atom. The lowest BCUT2D eigenvalue weighted by atomic mass is 10.1. The molecule has 0 atom stereocenters. The Hall–Kier alpha value is -2.48. The molecule has 2 aromatic heterocycles. The maximum atomic E-state index is 12.1. The smallest absolute Gasteiger partial charge is 0.408 e. The summed E-state index contributed by atoms with van der Waals surface area (Å²) in [6, 6.07) is 7.14. The largest absolute Gasteiger partial charge is 0.419 e. The van der Waals surface area contributed by atoms with Crippen LogP contribution in [0.4, 0.5) is 5.13 Å². The number of aryl methyl sites for hydroxylation is 1. The highest BCUT2D eigenvalue weighted by atomic mass is 32.1. The van der Waals surface area contributed by atoms with E-state index in [1.807, 2.05) is 6.07 Å². The first-order chi connectivity index (χ1) is 11.5. The fourth-order valence-electron chi connectivity index (χ4n) is 2.36. The number of carbonyl (C=O) groups is 1. The number of aromatic nitrogens is 3. The predicted octanol–water partition coefficient (Wildman–Crippen LogP) is 2.67. The Bertz CT molecular complexity index is 909. The highest BCUT2D eigenvalue weighted by Crippen LogP contribution is 2.18. The van der Waals surface area contributed by atoms with E-state index in [9.17, 15) is 9.59 Å². The van der Waals surface area contributed by atoms with Crippen molar-refractivity contribution < 1.29 is 9.21 Å². The number of amides is 1. The van der Waals surface area contributed by atoms with Gasteiger partial charge in [-0.2, -0.15) is 0 Å². The third-order valence-corrected chi connectivity index (χ3v) is 4.29. The van der Waals surface area contributed by atoms with Gasteiger partial charge in [0, 0.05) is 19.4 Å². The number of carbonyl (C=O) groups excluding carboxylic acids is 1. The first kappa shape index (κ1) is 16.4. The number of oxazole rings is 1. The van der Waals surface area contributed by atoms with Crippen LogP contribution in [0.25, 0.3) is 11.1 Å². The molecule has 7 nitrogen and oxygen atoms in total. The van der Waals surface area contributed by atoms with Crippen molar-refractivity contribution in [3.8, 4) is 0 Å². The molecule has 3 rings (SSSR count). The molecule has 0 bridgehead atoms. The van der Waals surface area contributed by atoms with Crippen LogP contribution in [-0.2, 0) is 17.8 Å². The van der Waals surface area contributed by atoms with E-state index in [0.717, 1.165) is 11.4 Å². The Labute approximate surface area is 142 Å². The minimum Gasteiger partial charge on any atom is -0.408 e. The van der Waals surface area contributed by atoms with Crippen molar-refractivity contribution in [2.75, 3.05) is 5.32 Å². The molecule has 0 aliphatic heterocycles. The summed E-state index contributed by atoms with van der Waals surface area (Å²) in [5.41, 5.74) is 1.20. The molecule has 3 aromatic rings. The van der Waals surface area contributed by atoms with E-state index >= 15 is 0 Å².